The first kappa shape index (κ1) is 31.5. The fourth-order valence-electron chi connectivity index (χ4n) is 7.24. The summed E-state index contributed by atoms with van der Waals surface area (Å²) in [5, 5.41) is 21.6. The van der Waals surface area contributed by atoms with Gasteiger partial charge in [0, 0.05) is 36.3 Å². The molecule has 2 aliphatic heterocycles. The Hall–Kier alpha value is -5.05. The molecule has 2 saturated heterocycles. The molecule has 1 aliphatic carbocycles. The molecule has 3 heterocycles. The number of phenols is 1. The van der Waals surface area contributed by atoms with E-state index in [1.54, 1.807) is 9.40 Å². The molecule has 7 rings (SSSR count). The molecule has 4 aromatic rings. The fourth-order valence-corrected chi connectivity index (χ4v) is 8.40. The topological polar surface area (TPSA) is 180 Å². The number of rotatable bonds is 6. The van der Waals surface area contributed by atoms with Gasteiger partial charge in [0.05, 0.1) is 17.1 Å². The Balaban J connectivity index is 0.982. The van der Waals surface area contributed by atoms with E-state index < -0.39 is 45.8 Å². The maximum atomic E-state index is 15.4. The maximum Gasteiger partial charge on any atom is 0.326 e. The zero-order valence-electron chi connectivity index (χ0n) is 26.0. The van der Waals surface area contributed by atoms with Crippen LogP contribution in [-0.2, 0) is 36.4 Å². The molecule has 1 atom stereocenters. The van der Waals surface area contributed by atoms with Gasteiger partial charge in [-0.1, -0.05) is 12.1 Å². The molecule has 250 valence electrons. The second-order valence-corrected chi connectivity index (χ2v) is 14.4. The van der Waals surface area contributed by atoms with Gasteiger partial charge in [-0.15, -0.1) is 0 Å². The van der Waals surface area contributed by atoms with Crippen LogP contribution in [0.1, 0.15) is 68.0 Å². The summed E-state index contributed by atoms with van der Waals surface area (Å²) in [5.74, 6) is -3.21. The number of nitrogens with zero attached hydrogens (tertiary/aromatic N) is 3. The molecule has 1 unspecified atom stereocenters. The Morgan fingerprint density at radius 3 is 2.48 bits per heavy atom. The Labute approximate surface area is 274 Å². The highest BCUT2D eigenvalue weighted by molar-refractivity contribution is 7.92. The minimum atomic E-state index is -4.32. The molecule has 4 N–H and O–H groups in total. The molecule has 1 aromatic heterocycles. The average molecular weight is 677 g/mol. The van der Waals surface area contributed by atoms with Gasteiger partial charge in [-0.2, -0.15) is 13.5 Å². The van der Waals surface area contributed by atoms with Crippen LogP contribution in [0.3, 0.4) is 0 Å². The average Bonchev–Trinajstić information content (AvgIpc) is 3.50. The predicted octanol–water partition coefficient (Wildman–Crippen LogP) is 3.58. The van der Waals surface area contributed by atoms with Crippen molar-refractivity contribution in [1.29, 1.82) is 0 Å². The first-order valence-corrected chi connectivity index (χ1v) is 17.2. The number of aromatic hydroxyl groups is 1. The first-order chi connectivity index (χ1) is 22.9. The van der Waals surface area contributed by atoms with E-state index >= 15 is 4.39 Å². The first-order valence-electron chi connectivity index (χ1n) is 15.8. The summed E-state index contributed by atoms with van der Waals surface area (Å²) < 4.78 is 43.8. The number of hydrogen-bond acceptors (Lipinski definition) is 8. The smallest absolute Gasteiger partial charge is 0.326 e. The minimum absolute atomic E-state index is 0.0187. The molecule has 0 spiro atoms. The number of aromatic nitrogens is 2. The van der Waals surface area contributed by atoms with E-state index in [4.69, 9.17) is 0 Å². The lowest BCUT2D eigenvalue weighted by molar-refractivity contribution is -0.134. The lowest BCUT2D eigenvalue weighted by Gasteiger charge is -2.28. The number of halogens is 1. The third-order valence-corrected chi connectivity index (χ3v) is 11.0. The Morgan fingerprint density at radius 2 is 1.77 bits per heavy atom. The molecule has 0 radical (unpaired) electrons. The second kappa shape index (κ2) is 11.9. The van der Waals surface area contributed by atoms with Crippen molar-refractivity contribution in [2.24, 2.45) is 13.0 Å². The summed E-state index contributed by atoms with van der Waals surface area (Å²) in [6.45, 7) is -0.651. The molecule has 3 fully saturated rings. The number of nitrogens with one attached hydrogen (secondary N) is 3. The SMILES string of the molecule is Cn1nc(C2CCC(=O)NC2=O)c2ccc([C@H]3CC[C@@H](CC(=O)Nc4ccc5c(F)c(N6CC(=O)NS6(=O)=O)c(O)cc5c4)CC3)cc21. The van der Waals surface area contributed by atoms with E-state index in [0.717, 1.165) is 36.6 Å². The van der Waals surface area contributed by atoms with E-state index in [1.165, 1.54) is 29.8 Å². The number of carbonyl (C=O) groups excluding carboxylic acids is 4. The van der Waals surface area contributed by atoms with Crippen molar-refractivity contribution in [3.8, 4) is 5.75 Å². The molecular weight excluding hydrogens is 643 g/mol. The number of amides is 4. The Bertz CT molecular complexity index is 2140. The van der Waals surface area contributed by atoms with Crippen molar-refractivity contribution in [1.82, 2.24) is 19.8 Å². The predicted molar refractivity (Wildman–Crippen MR) is 174 cm³/mol. The maximum absolute atomic E-state index is 15.4. The molecule has 0 bridgehead atoms. The van der Waals surface area contributed by atoms with E-state index in [0.29, 0.717) is 40.9 Å². The van der Waals surface area contributed by atoms with Crippen molar-refractivity contribution in [3.63, 3.8) is 0 Å². The molecular formula is C33H33FN6O7S. The van der Waals surface area contributed by atoms with Crippen LogP contribution in [0.15, 0.2) is 42.5 Å². The molecule has 3 aromatic carbocycles. The number of fused-ring (bicyclic) bond motifs is 2. The Kier molecular flexibility index (Phi) is 7.81. The number of imide groups is 1. The van der Waals surface area contributed by atoms with Crippen LogP contribution in [0.2, 0.25) is 0 Å². The van der Waals surface area contributed by atoms with Gasteiger partial charge in [0.15, 0.2) is 5.82 Å². The monoisotopic (exact) mass is 676 g/mol. The van der Waals surface area contributed by atoms with Crippen molar-refractivity contribution < 1.29 is 37.1 Å². The quantitative estimate of drug-likeness (QED) is 0.224. The summed E-state index contributed by atoms with van der Waals surface area (Å²) in [5.41, 5.74) is 2.58. The number of aryl methyl sites for hydroxylation is 1. The minimum Gasteiger partial charge on any atom is -0.506 e. The third-order valence-electron chi connectivity index (χ3n) is 9.65. The summed E-state index contributed by atoms with van der Waals surface area (Å²) in [6, 6.07) is 11.8. The molecule has 48 heavy (non-hydrogen) atoms. The van der Waals surface area contributed by atoms with Crippen LogP contribution in [0, 0.1) is 11.7 Å². The van der Waals surface area contributed by atoms with Crippen LogP contribution in [-0.4, -0.2) is 53.5 Å². The summed E-state index contributed by atoms with van der Waals surface area (Å²) in [4.78, 5) is 48.7. The number of carbonyl (C=O) groups is 4. The highest BCUT2D eigenvalue weighted by Gasteiger charge is 2.38. The second-order valence-electron chi connectivity index (χ2n) is 12.8. The van der Waals surface area contributed by atoms with Crippen LogP contribution < -0.4 is 19.7 Å². The third kappa shape index (κ3) is 5.71. The van der Waals surface area contributed by atoms with Crippen LogP contribution in [0.25, 0.3) is 21.7 Å². The lowest BCUT2D eigenvalue weighted by Crippen LogP contribution is -2.39. The standard InChI is InChI=1S/C33H33FN6O7S/c1-39-25-14-19(6-8-23(25)31(37-39)24-10-11-27(42)36-33(24)45)18-4-2-17(3-5-18)12-28(43)35-21-7-9-22-20(13-21)15-26(41)32(30(22)34)40-16-29(44)38-48(40,46)47/h6-9,13-15,17-18,24,41H,2-5,10-12,16H2,1H3,(H,35,43)(H,38,44)(H,36,42,45)/t17-,18+,24?. The van der Waals surface area contributed by atoms with Crippen molar-refractivity contribution in [2.45, 2.75) is 56.8 Å². The van der Waals surface area contributed by atoms with Gasteiger partial charge in [0.25, 0.3) is 5.91 Å². The normalized spacial score (nSPS) is 22.6. The van der Waals surface area contributed by atoms with E-state index in [2.05, 4.69) is 27.9 Å². The van der Waals surface area contributed by atoms with E-state index in [-0.39, 0.29) is 34.4 Å². The van der Waals surface area contributed by atoms with Crippen molar-refractivity contribution in [3.05, 3.63) is 59.5 Å². The summed E-state index contributed by atoms with van der Waals surface area (Å²) >= 11 is 0. The largest absolute Gasteiger partial charge is 0.506 e. The summed E-state index contributed by atoms with van der Waals surface area (Å²) in [6.07, 6.45) is 4.58. The number of phenolic OH excluding ortho intramolecular Hbond substituents is 1. The van der Waals surface area contributed by atoms with E-state index in [9.17, 15) is 32.7 Å². The van der Waals surface area contributed by atoms with Gasteiger partial charge in [-0.3, -0.25) is 29.2 Å². The number of piperidine rings is 1. The summed E-state index contributed by atoms with van der Waals surface area (Å²) in [7, 11) is -2.47. The van der Waals surface area contributed by atoms with Crippen LogP contribution in [0.4, 0.5) is 15.8 Å². The molecule has 4 amide bonds. The molecule has 3 aliphatic rings. The van der Waals surface area contributed by atoms with Gasteiger partial charge in [0.2, 0.25) is 17.7 Å². The van der Waals surface area contributed by atoms with Crippen LogP contribution >= 0.6 is 0 Å². The molecule has 13 nitrogen and oxygen atoms in total. The zero-order valence-corrected chi connectivity index (χ0v) is 26.8. The highest BCUT2D eigenvalue weighted by atomic mass is 32.2. The van der Waals surface area contributed by atoms with Gasteiger partial charge < -0.3 is 10.4 Å². The van der Waals surface area contributed by atoms with Crippen LogP contribution in [0.5, 0.6) is 5.75 Å². The van der Waals surface area contributed by atoms with Gasteiger partial charge >= 0.3 is 10.2 Å². The number of hydrogen-bond donors (Lipinski definition) is 4. The highest BCUT2D eigenvalue weighted by Crippen LogP contribution is 2.41. The van der Waals surface area contributed by atoms with Crippen molar-refractivity contribution >= 4 is 66.9 Å². The Morgan fingerprint density at radius 1 is 1.02 bits per heavy atom. The lowest BCUT2D eigenvalue weighted by atomic mass is 9.77. The van der Waals surface area contributed by atoms with Gasteiger partial charge in [-0.05, 0) is 85.2 Å². The molecule has 15 heteroatoms. The number of benzene rings is 3. The fraction of sp³-hybridized carbons (Fsp3) is 0.364. The number of anilines is 2. The zero-order chi connectivity index (χ0) is 33.9. The van der Waals surface area contributed by atoms with Crippen molar-refractivity contribution in [2.75, 3.05) is 16.2 Å². The molecule has 1 saturated carbocycles. The van der Waals surface area contributed by atoms with Gasteiger partial charge in [-0.25, -0.2) is 13.4 Å². The van der Waals surface area contributed by atoms with E-state index in [1.807, 2.05) is 13.1 Å². The van der Waals surface area contributed by atoms with Gasteiger partial charge in [0.1, 0.15) is 18.0 Å².